The van der Waals surface area contributed by atoms with Crippen molar-refractivity contribution in [2.75, 3.05) is 12.4 Å². The van der Waals surface area contributed by atoms with E-state index in [0.717, 1.165) is 12.8 Å². The predicted octanol–water partition coefficient (Wildman–Crippen LogP) is 2.15. The highest BCUT2D eigenvalue weighted by molar-refractivity contribution is 8.13. The van der Waals surface area contributed by atoms with Crippen molar-refractivity contribution >= 4 is 19.7 Å². The molecule has 0 bridgehead atoms. The van der Waals surface area contributed by atoms with Gasteiger partial charge in [-0.2, -0.15) is 0 Å². The average molecular weight is 241 g/mol. The van der Waals surface area contributed by atoms with Crippen LogP contribution in [0.5, 0.6) is 0 Å². The standard InChI is InChI=1S/C9H17ClO3S/c1-8(7-14(10,11)12)6-13-9-4-2-3-5-9/h8-9H,2-7H2,1H3/t8-/m0/s1. The zero-order chi connectivity index (χ0) is 10.6. The van der Waals surface area contributed by atoms with E-state index in [1.807, 2.05) is 6.92 Å². The topological polar surface area (TPSA) is 43.4 Å². The predicted molar refractivity (Wildman–Crippen MR) is 57.0 cm³/mol. The van der Waals surface area contributed by atoms with Crippen LogP contribution in [0.3, 0.4) is 0 Å². The molecule has 5 heteroatoms. The lowest BCUT2D eigenvalue weighted by Gasteiger charge is -2.14. The molecule has 0 aromatic carbocycles. The van der Waals surface area contributed by atoms with E-state index < -0.39 is 9.05 Å². The largest absolute Gasteiger partial charge is 0.378 e. The van der Waals surface area contributed by atoms with Gasteiger partial charge in [0.15, 0.2) is 0 Å². The Morgan fingerprint density at radius 1 is 1.43 bits per heavy atom. The monoisotopic (exact) mass is 240 g/mol. The Hall–Kier alpha value is 0.200. The molecule has 1 aliphatic rings. The van der Waals surface area contributed by atoms with E-state index in [0.29, 0.717) is 12.7 Å². The Balaban J connectivity index is 2.17. The molecule has 84 valence electrons. The molecule has 1 atom stereocenters. The van der Waals surface area contributed by atoms with Gasteiger partial charge in [0.1, 0.15) is 0 Å². The number of ether oxygens (including phenoxy) is 1. The first-order valence-electron chi connectivity index (χ1n) is 5.01. The van der Waals surface area contributed by atoms with Crippen LogP contribution < -0.4 is 0 Å². The molecule has 0 heterocycles. The lowest BCUT2D eigenvalue weighted by Crippen LogP contribution is -2.18. The molecule has 0 radical (unpaired) electrons. The molecule has 0 aliphatic heterocycles. The Labute approximate surface area is 90.2 Å². The normalized spacial score (nSPS) is 21.3. The fraction of sp³-hybridized carbons (Fsp3) is 1.00. The first-order chi connectivity index (χ1) is 6.47. The van der Waals surface area contributed by atoms with Crippen molar-refractivity contribution in [1.82, 2.24) is 0 Å². The van der Waals surface area contributed by atoms with Crippen molar-refractivity contribution in [1.29, 1.82) is 0 Å². The third-order valence-electron chi connectivity index (χ3n) is 2.40. The average Bonchev–Trinajstić information content (AvgIpc) is 2.49. The molecule has 1 rings (SSSR count). The highest BCUT2D eigenvalue weighted by Crippen LogP contribution is 2.21. The highest BCUT2D eigenvalue weighted by Gasteiger charge is 2.18. The quantitative estimate of drug-likeness (QED) is 0.692. The van der Waals surface area contributed by atoms with E-state index in [4.69, 9.17) is 15.4 Å². The maximum Gasteiger partial charge on any atom is 0.232 e. The van der Waals surface area contributed by atoms with E-state index in [2.05, 4.69) is 0 Å². The van der Waals surface area contributed by atoms with Gasteiger partial charge in [0.05, 0.1) is 18.5 Å². The van der Waals surface area contributed by atoms with Gasteiger partial charge in [-0.05, 0) is 18.8 Å². The van der Waals surface area contributed by atoms with E-state index >= 15 is 0 Å². The SMILES string of the molecule is C[C@@H](COC1CCCC1)CS(=O)(=O)Cl. The Morgan fingerprint density at radius 2 is 2.00 bits per heavy atom. The van der Waals surface area contributed by atoms with Crippen LogP contribution in [0.15, 0.2) is 0 Å². The second-order valence-corrected chi connectivity index (χ2v) is 6.87. The molecule has 0 aromatic rings. The summed E-state index contributed by atoms with van der Waals surface area (Å²) < 4.78 is 27.1. The minimum absolute atomic E-state index is 0.00127. The van der Waals surface area contributed by atoms with Gasteiger partial charge < -0.3 is 4.74 Å². The van der Waals surface area contributed by atoms with E-state index in [9.17, 15) is 8.42 Å². The van der Waals surface area contributed by atoms with E-state index in [-0.39, 0.29) is 11.7 Å². The molecule has 1 saturated carbocycles. The van der Waals surface area contributed by atoms with Crippen molar-refractivity contribution < 1.29 is 13.2 Å². The molecule has 0 amide bonds. The number of rotatable bonds is 5. The van der Waals surface area contributed by atoms with Crippen molar-refractivity contribution in [3.63, 3.8) is 0 Å². The zero-order valence-corrected chi connectivity index (χ0v) is 9.98. The Bertz CT molecular complexity index is 257. The fourth-order valence-corrected chi connectivity index (χ4v) is 3.16. The summed E-state index contributed by atoms with van der Waals surface area (Å²) in [5, 5.41) is 0. The maximum atomic E-state index is 10.7. The molecule has 14 heavy (non-hydrogen) atoms. The smallest absolute Gasteiger partial charge is 0.232 e. The summed E-state index contributed by atoms with van der Waals surface area (Å²) in [5.74, 6) is -0.0144. The van der Waals surface area contributed by atoms with Crippen LogP contribution in [-0.4, -0.2) is 26.9 Å². The molecule has 1 aliphatic carbocycles. The van der Waals surface area contributed by atoms with Gasteiger partial charge in [-0.25, -0.2) is 8.42 Å². The summed E-state index contributed by atoms with van der Waals surface area (Å²) in [7, 11) is 1.76. The molecule has 0 N–H and O–H groups in total. The van der Waals surface area contributed by atoms with Crippen LogP contribution in [0.25, 0.3) is 0 Å². The number of hydrogen-bond acceptors (Lipinski definition) is 3. The molecular weight excluding hydrogens is 224 g/mol. The van der Waals surface area contributed by atoms with Crippen molar-refractivity contribution in [2.24, 2.45) is 5.92 Å². The summed E-state index contributed by atoms with van der Waals surface area (Å²) in [5.41, 5.74) is 0. The molecule has 3 nitrogen and oxygen atoms in total. The zero-order valence-electron chi connectivity index (χ0n) is 8.41. The first kappa shape index (κ1) is 12.3. The minimum atomic E-state index is -3.38. The van der Waals surface area contributed by atoms with E-state index in [1.165, 1.54) is 12.8 Å². The lowest BCUT2D eigenvalue weighted by atomic mass is 10.2. The second-order valence-electron chi connectivity index (χ2n) is 4.05. The van der Waals surface area contributed by atoms with Gasteiger partial charge in [-0.15, -0.1) is 0 Å². The molecular formula is C9H17ClO3S. The van der Waals surface area contributed by atoms with Crippen molar-refractivity contribution in [3.05, 3.63) is 0 Å². The van der Waals surface area contributed by atoms with Gasteiger partial charge in [-0.1, -0.05) is 19.8 Å². The van der Waals surface area contributed by atoms with Crippen LogP contribution in [0, 0.1) is 5.92 Å². The van der Waals surface area contributed by atoms with Crippen LogP contribution in [0.2, 0.25) is 0 Å². The number of hydrogen-bond donors (Lipinski definition) is 0. The Morgan fingerprint density at radius 3 is 2.50 bits per heavy atom. The van der Waals surface area contributed by atoms with Crippen molar-refractivity contribution in [2.45, 2.75) is 38.7 Å². The van der Waals surface area contributed by atoms with E-state index in [1.54, 1.807) is 0 Å². The lowest BCUT2D eigenvalue weighted by molar-refractivity contribution is 0.0413. The third kappa shape index (κ3) is 5.17. The highest BCUT2D eigenvalue weighted by atomic mass is 35.7. The molecule has 1 fully saturated rings. The summed E-state index contributed by atoms with van der Waals surface area (Å²) in [6.07, 6.45) is 5.02. The number of halogens is 1. The van der Waals surface area contributed by atoms with Gasteiger partial charge in [-0.3, -0.25) is 0 Å². The summed E-state index contributed by atoms with van der Waals surface area (Å²) >= 11 is 0. The molecule has 0 unspecified atom stereocenters. The van der Waals surface area contributed by atoms with Gasteiger partial charge in [0.25, 0.3) is 0 Å². The van der Waals surface area contributed by atoms with Gasteiger partial charge >= 0.3 is 0 Å². The Kier molecular flexibility index (Phi) is 4.67. The minimum Gasteiger partial charge on any atom is -0.378 e. The summed E-state index contributed by atoms with van der Waals surface area (Å²) in [6, 6.07) is 0. The molecule has 0 saturated heterocycles. The summed E-state index contributed by atoms with van der Waals surface area (Å²) in [6.45, 7) is 2.34. The molecule has 0 spiro atoms. The van der Waals surface area contributed by atoms with Crippen LogP contribution in [0.4, 0.5) is 0 Å². The van der Waals surface area contributed by atoms with Crippen LogP contribution in [0.1, 0.15) is 32.6 Å². The van der Waals surface area contributed by atoms with Crippen LogP contribution >= 0.6 is 10.7 Å². The maximum absolute atomic E-state index is 10.7. The molecule has 0 aromatic heterocycles. The van der Waals surface area contributed by atoms with Gasteiger partial charge in [0, 0.05) is 10.7 Å². The van der Waals surface area contributed by atoms with Gasteiger partial charge in [0.2, 0.25) is 9.05 Å². The van der Waals surface area contributed by atoms with Crippen LogP contribution in [-0.2, 0) is 13.8 Å². The summed E-state index contributed by atoms with van der Waals surface area (Å²) in [4.78, 5) is 0. The third-order valence-corrected chi connectivity index (χ3v) is 3.75. The fourth-order valence-electron chi connectivity index (χ4n) is 1.74. The van der Waals surface area contributed by atoms with Crippen molar-refractivity contribution in [3.8, 4) is 0 Å². The first-order valence-corrected chi connectivity index (χ1v) is 7.49. The second kappa shape index (κ2) is 5.33.